The highest BCUT2D eigenvalue weighted by Gasteiger charge is 2.14. The lowest BCUT2D eigenvalue weighted by atomic mass is 10.2. The lowest BCUT2D eigenvalue weighted by Gasteiger charge is -2.22. The van der Waals surface area contributed by atoms with Crippen molar-refractivity contribution in [3.8, 4) is 0 Å². The molecule has 19 heavy (non-hydrogen) atoms. The van der Waals surface area contributed by atoms with Crippen LogP contribution in [-0.4, -0.2) is 38.4 Å². The maximum atomic E-state index is 11.7. The number of unbranched alkanes of at least 4 members (excludes halogenated alkanes) is 2. The monoisotopic (exact) mass is 267 g/mol. The van der Waals surface area contributed by atoms with Crippen LogP contribution in [-0.2, 0) is 14.3 Å². The summed E-state index contributed by atoms with van der Waals surface area (Å²) < 4.78 is 10.7. The Hall–Kier alpha value is -1.13. The highest BCUT2D eigenvalue weighted by Crippen LogP contribution is 2.01. The molecular formula is C15H25NO3. The molecule has 0 bridgehead atoms. The van der Waals surface area contributed by atoms with E-state index in [4.69, 9.17) is 9.47 Å². The Labute approximate surface area is 115 Å². The van der Waals surface area contributed by atoms with Crippen molar-refractivity contribution in [2.24, 2.45) is 0 Å². The summed E-state index contributed by atoms with van der Waals surface area (Å²) >= 11 is 0. The number of rotatable bonds is 7. The number of carbonyl (C=O) groups is 1. The van der Waals surface area contributed by atoms with E-state index < -0.39 is 0 Å². The van der Waals surface area contributed by atoms with Gasteiger partial charge in [-0.25, -0.2) is 0 Å². The average molecular weight is 267 g/mol. The zero-order valence-electron chi connectivity index (χ0n) is 12.0. The first kappa shape index (κ1) is 15.9. The summed E-state index contributed by atoms with van der Waals surface area (Å²) in [5, 5.41) is 2.83. The average Bonchev–Trinajstić information content (AvgIpc) is 2.42. The lowest BCUT2D eigenvalue weighted by Crippen LogP contribution is -2.39. The maximum absolute atomic E-state index is 11.7. The van der Waals surface area contributed by atoms with Crippen LogP contribution in [0.15, 0.2) is 23.8 Å². The predicted octanol–water partition coefficient (Wildman–Crippen LogP) is 2.21. The second-order valence-electron chi connectivity index (χ2n) is 4.75. The van der Waals surface area contributed by atoms with Crippen LogP contribution >= 0.6 is 0 Å². The molecule has 0 aliphatic carbocycles. The van der Waals surface area contributed by atoms with Crippen LogP contribution < -0.4 is 5.32 Å². The van der Waals surface area contributed by atoms with Crippen LogP contribution in [0, 0.1) is 0 Å². The summed E-state index contributed by atoms with van der Waals surface area (Å²) in [5.74, 6) is -0.0770. The van der Waals surface area contributed by atoms with Crippen molar-refractivity contribution in [3.63, 3.8) is 0 Å². The SMILES string of the molecule is CCCCC=CC(C)=CC(=O)NCC1COCCO1. The van der Waals surface area contributed by atoms with E-state index in [1.807, 2.05) is 13.0 Å². The zero-order chi connectivity index (χ0) is 13.9. The molecular weight excluding hydrogens is 242 g/mol. The topological polar surface area (TPSA) is 47.6 Å². The number of carbonyl (C=O) groups excluding carboxylic acids is 1. The second-order valence-corrected chi connectivity index (χ2v) is 4.75. The molecule has 108 valence electrons. The summed E-state index contributed by atoms with van der Waals surface area (Å²) in [6, 6.07) is 0. The van der Waals surface area contributed by atoms with Crippen molar-refractivity contribution >= 4 is 5.91 Å². The quantitative estimate of drug-likeness (QED) is 0.437. The van der Waals surface area contributed by atoms with Gasteiger partial charge in [-0.15, -0.1) is 0 Å². The van der Waals surface area contributed by atoms with Gasteiger partial charge in [-0.05, 0) is 18.9 Å². The van der Waals surface area contributed by atoms with E-state index in [9.17, 15) is 4.79 Å². The summed E-state index contributed by atoms with van der Waals surface area (Å²) in [7, 11) is 0. The molecule has 0 spiro atoms. The normalized spacial score (nSPS) is 20.7. The molecule has 1 atom stereocenters. The Morgan fingerprint density at radius 1 is 1.42 bits per heavy atom. The van der Waals surface area contributed by atoms with E-state index in [0.29, 0.717) is 26.4 Å². The summed E-state index contributed by atoms with van der Waals surface area (Å²) in [4.78, 5) is 11.7. The minimum atomic E-state index is -0.0770. The molecule has 0 aromatic rings. The van der Waals surface area contributed by atoms with Gasteiger partial charge in [0.15, 0.2) is 0 Å². The smallest absolute Gasteiger partial charge is 0.244 e. The summed E-state index contributed by atoms with van der Waals surface area (Å²) in [6.45, 7) is 6.41. The fraction of sp³-hybridized carbons (Fsp3) is 0.667. The Bertz CT molecular complexity index is 317. The molecule has 1 rings (SSSR count). The maximum Gasteiger partial charge on any atom is 0.244 e. The Morgan fingerprint density at radius 3 is 2.95 bits per heavy atom. The molecule has 4 heteroatoms. The van der Waals surface area contributed by atoms with Crippen LogP contribution in [0.3, 0.4) is 0 Å². The number of ether oxygens (including phenoxy) is 2. The van der Waals surface area contributed by atoms with Crippen LogP contribution in [0.5, 0.6) is 0 Å². The minimum Gasteiger partial charge on any atom is -0.376 e. The molecule has 1 fully saturated rings. The molecule has 1 aliphatic rings. The van der Waals surface area contributed by atoms with Crippen molar-refractivity contribution in [1.29, 1.82) is 0 Å². The van der Waals surface area contributed by atoms with Crippen molar-refractivity contribution in [1.82, 2.24) is 5.32 Å². The Balaban J connectivity index is 2.22. The molecule has 1 amide bonds. The minimum absolute atomic E-state index is 0.0218. The van der Waals surface area contributed by atoms with Crippen molar-refractivity contribution < 1.29 is 14.3 Å². The lowest BCUT2D eigenvalue weighted by molar-refractivity contribution is -0.119. The van der Waals surface area contributed by atoms with Gasteiger partial charge in [0, 0.05) is 12.6 Å². The van der Waals surface area contributed by atoms with Crippen LogP contribution in [0.2, 0.25) is 0 Å². The van der Waals surface area contributed by atoms with E-state index in [-0.39, 0.29) is 12.0 Å². The van der Waals surface area contributed by atoms with Gasteiger partial charge in [-0.3, -0.25) is 4.79 Å². The molecule has 4 nitrogen and oxygen atoms in total. The molecule has 1 saturated heterocycles. The third kappa shape index (κ3) is 7.80. The van der Waals surface area contributed by atoms with Gasteiger partial charge in [0.2, 0.25) is 5.91 Å². The predicted molar refractivity (Wildman–Crippen MR) is 76.0 cm³/mol. The number of amides is 1. The fourth-order valence-corrected chi connectivity index (χ4v) is 1.77. The van der Waals surface area contributed by atoms with Crippen LogP contribution in [0.1, 0.15) is 33.1 Å². The van der Waals surface area contributed by atoms with Crippen molar-refractivity contribution in [2.45, 2.75) is 39.2 Å². The number of hydrogen-bond acceptors (Lipinski definition) is 3. The standard InChI is InChI=1S/C15H25NO3/c1-3-4-5-6-7-13(2)10-15(17)16-11-14-12-18-8-9-19-14/h6-7,10,14H,3-5,8-9,11-12H2,1-2H3,(H,16,17). The fourth-order valence-electron chi connectivity index (χ4n) is 1.77. The van der Waals surface area contributed by atoms with Gasteiger partial charge < -0.3 is 14.8 Å². The summed E-state index contributed by atoms with van der Waals surface area (Å²) in [6.07, 6.45) is 9.15. The van der Waals surface area contributed by atoms with E-state index in [1.165, 1.54) is 12.8 Å². The van der Waals surface area contributed by atoms with Crippen LogP contribution in [0.25, 0.3) is 0 Å². The largest absolute Gasteiger partial charge is 0.376 e. The molecule has 1 N–H and O–H groups in total. The molecule has 0 aromatic carbocycles. The molecule has 1 heterocycles. The van der Waals surface area contributed by atoms with Gasteiger partial charge in [-0.1, -0.05) is 31.9 Å². The number of hydrogen-bond donors (Lipinski definition) is 1. The Kier molecular flexibility index (Phi) is 8.18. The van der Waals surface area contributed by atoms with E-state index in [0.717, 1.165) is 12.0 Å². The van der Waals surface area contributed by atoms with Gasteiger partial charge in [0.05, 0.1) is 25.9 Å². The van der Waals surface area contributed by atoms with Crippen molar-refractivity contribution in [3.05, 3.63) is 23.8 Å². The molecule has 1 aliphatic heterocycles. The summed E-state index contributed by atoms with van der Waals surface area (Å²) in [5.41, 5.74) is 0.967. The second kappa shape index (κ2) is 9.75. The highest BCUT2D eigenvalue weighted by molar-refractivity contribution is 5.88. The first-order valence-electron chi connectivity index (χ1n) is 7.04. The van der Waals surface area contributed by atoms with Crippen LogP contribution in [0.4, 0.5) is 0 Å². The van der Waals surface area contributed by atoms with E-state index in [1.54, 1.807) is 6.08 Å². The van der Waals surface area contributed by atoms with Crippen molar-refractivity contribution in [2.75, 3.05) is 26.4 Å². The highest BCUT2D eigenvalue weighted by atomic mass is 16.6. The first-order valence-corrected chi connectivity index (χ1v) is 7.04. The van der Waals surface area contributed by atoms with E-state index in [2.05, 4.69) is 18.3 Å². The van der Waals surface area contributed by atoms with Gasteiger partial charge in [-0.2, -0.15) is 0 Å². The van der Waals surface area contributed by atoms with Gasteiger partial charge in [0.1, 0.15) is 0 Å². The van der Waals surface area contributed by atoms with Gasteiger partial charge >= 0.3 is 0 Å². The number of nitrogens with one attached hydrogen (secondary N) is 1. The molecule has 0 saturated carbocycles. The number of allylic oxidation sites excluding steroid dienone is 3. The van der Waals surface area contributed by atoms with Gasteiger partial charge in [0.25, 0.3) is 0 Å². The Morgan fingerprint density at radius 2 is 2.26 bits per heavy atom. The first-order chi connectivity index (χ1) is 9.22. The zero-order valence-corrected chi connectivity index (χ0v) is 12.0. The third-order valence-corrected chi connectivity index (χ3v) is 2.85. The molecule has 0 radical (unpaired) electrons. The third-order valence-electron chi connectivity index (χ3n) is 2.85. The molecule has 1 unspecified atom stereocenters. The molecule has 0 aromatic heterocycles. The van der Waals surface area contributed by atoms with E-state index >= 15 is 0 Å².